The molecule has 0 bridgehead atoms. The summed E-state index contributed by atoms with van der Waals surface area (Å²) in [4.78, 5) is 28.8. The quantitative estimate of drug-likeness (QED) is 0.799. The van der Waals surface area contributed by atoms with Crippen LogP contribution in [0.2, 0.25) is 0 Å². The van der Waals surface area contributed by atoms with Crippen molar-refractivity contribution in [3.05, 3.63) is 42.2 Å². The second kappa shape index (κ2) is 7.87. The summed E-state index contributed by atoms with van der Waals surface area (Å²) in [6.45, 7) is 3.69. The van der Waals surface area contributed by atoms with E-state index in [1.165, 1.54) is 11.0 Å². The lowest BCUT2D eigenvalue weighted by molar-refractivity contribution is -0.133. The van der Waals surface area contributed by atoms with Crippen LogP contribution in [0.3, 0.4) is 0 Å². The van der Waals surface area contributed by atoms with Crippen LogP contribution in [0.15, 0.2) is 36.7 Å². The van der Waals surface area contributed by atoms with Crippen molar-refractivity contribution < 1.29 is 9.59 Å². The molecule has 0 radical (unpaired) electrons. The summed E-state index contributed by atoms with van der Waals surface area (Å²) in [7, 11) is 0. The number of rotatable bonds is 5. The molecule has 1 aliphatic heterocycles. The largest absolute Gasteiger partial charge is 0.339 e. The van der Waals surface area contributed by atoms with E-state index in [9.17, 15) is 9.59 Å². The second-order valence-electron chi connectivity index (χ2n) is 6.17. The first-order chi connectivity index (χ1) is 12.2. The van der Waals surface area contributed by atoms with Gasteiger partial charge in [0.1, 0.15) is 12.9 Å². The third-order valence-electron chi connectivity index (χ3n) is 4.50. The first-order valence-electron chi connectivity index (χ1n) is 8.49. The van der Waals surface area contributed by atoms with Crippen molar-refractivity contribution in [3.63, 3.8) is 0 Å². The molecular weight excluding hydrogens is 320 g/mol. The van der Waals surface area contributed by atoms with Gasteiger partial charge in [-0.05, 0) is 22.4 Å². The molecule has 1 atom stereocenters. The minimum Gasteiger partial charge on any atom is -0.339 e. The minimum atomic E-state index is -0.0693. The Morgan fingerprint density at radius 3 is 2.76 bits per heavy atom. The van der Waals surface area contributed by atoms with Gasteiger partial charge >= 0.3 is 0 Å². The maximum Gasteiger partial charge on any atom is 0.244 e. The number of benzene rings is 1. The molecule has 8 nitrogen and oxygen atoms in total. The molecule has 132 valence electrons. The number of carbonyl (C=O) groups is 2. The van der Waals surface area contributed by atoms with Gasteiger partial charge in [0.05, 0.1) is 0 Å². The molecule has 1 aromatic carbocycles. The van der Waals surface area contributed by atoms with Gasteiger partial charge in [-0.2, -0.15) is 0 Å². The summed E-state index contributed by atoms with van der Waals surface area (Å²) in [5.74, 6) is 0.0218. The van der Waals surface area contributed by atoms with Crippen LogP contribution in [0, 0.1) is 0 Å². The molecule has 2 aromatic rings. The highest BCUT2D eigenvalue weighted by atomic mass is 16.2. The zero-order valence-electron chi connectivity index (χ0n) is 14.3. The Balaban J connectivity index is 1.70. The summed E-state index contributed by atoms with van der Waals surface area (Å²) in [5.41, 5.74) is 1.10. The molecule has 0 N–H and O–H groups in total. The van der Waals surface area contributed by atoms with Crippen LogP contribution in [0.4, 0.5) is 0 Å². The van der Waals surface area contributed by atoms with Crippen LogP contribution < -0.4 is 0 Å². The van der Waals surface area contributed by atoms with Crippen molar-refractivity contribution in [2.24, 2.45) is 0 Å². The Labute approximate surface area is 146 Å². The molecule has 0 aliphatic carbocycles. The highest BCUT2D eigenvalue weighted by Gasteiger charge is 2.30. The Morgan fingerprint density at radius 2 is 2.08 bits per heavy atom. The first kappa shape index (κ1) is 17.1. The van der Waals surface area contributed by atoms with Gasteiger partial charge in [0.15, 0.2) is 0 Å². The maximum absolute atomic E-state index is 12.6. The summed E-state index contributed by atoms with van der Waals surface area (Å²) in [6.07, 6.45) is 2.55. The Bertz CT molecular complexity index is 703. The predicted octanol–water partition coefficient (Wildman–Crippen LogP) is 0.713. The maximum atomic E-state index is 12.6. The van der Waals surface area contributed by atoms with Crippen LogP contribution in [0.5, 0.6) is 0 Å². The van der Waals surface area contributed by atoms with Gasteiger partial charge in [0.2, 0.25) is 11.8 Å². The van der Waals surface area contributed by atoms with Crippen molar-refractivity contribution >= 4 is 11.8 Å². The molecule has 2 heterocycles. The lowest BCUT2D eigenvalue weighted by Gasteiger charge is -2.31. The molecule has 1 saturated heterocycles. The van der Waals surface area contributed by atoms with Gasteiger partial charge in [0, 0.05) is 32.1 Å². The molecule has 3 rings (SSSR count). The lowest BCUT2D eigenvalue weighted by Crippen LogP contribution is -2.44. The van der Waals surface area contributed by atoms with Crippen molar-refractivity contribution in [2.75, 3.05) is 13.1 Å². The topological polar surface area (TPSA) is 84.2 Å². The Morgan fingerprint density at radius 1 is 1.28 bits per heavy atom. The Hall–Kier alpha value is -2.77. The SMILES string of the molecule is CC[C@H]1CN(C(=O)Cn2cnnn2)CCC(=O)N1Cc1ccccc1. The first-order valence-corrected chi connectivity index (χ1v) is 8.49. The smallest absolute Gasteiger partial charge is 0.244 e. The highest BCUT2D eigenvalue weighted by molar-refractivity contribution is 5.80. The molecule has 1 aromatic heterocycles. The number of hydrogen-bond donors (Lipinski definition) is 0. The number of hydrogen-bond acceptors (Lipinski definition) is 5. The summed E-state index contributed by atoms with van der Waals surface area (Å²) < 4.78 is 1.40. The molecule has 0 unspecified atom stereocenters. The fraction of sp³-hybridized carbons (Fsp3) is 0.471. The molecule has 1 aliphatic rings. The number of tetrazole rings is 1. The van der Waals surface area contributed by atoms with E-state index in [2.05, 4.69) is 15.5 Å². The van der Waals surface area contributed by atoms with Gasteiger partial charge in [-0.15, -0.1) is 5.10 Å². The van der Waals surface area contributed by atoms with Crippen molar-refractivity contribution in [1.82, 2.24) is 30.0 Å². The monoisotopic (exact) mass is 342 g/mol. The van der Waals surface area contributed by atoms with E-state index in [4.69, 9.17) is 0 Å². The summed E-state index contributed by atoms with van der Waals surface area (Å²) in [5, 5.41) is 10.8. The van der Waals surface area contributed by atoms with Crippen molar-refractivity contribution in [3.8, 4) is 0 Å². The summed E-state index contributed by atoms with van der Waals surface area (Å²) in [6, 6.07) is 9.95. The normalized spacial score (nSPS) is 18.3. The van der Waals surface area contributed by atoms with E-state index in [-0.39, 0.29) is 24.4 Å². The van der Waals surface area contributed by atoms with E-state index < -0.39 is 0 Å². The van der Waals surface area contributed by atoms with E-state index >= 15 is 0 Å². The molecule has 1 fully saturated rings. The van der Waals surface area contributed by atoms with E-state index in [1.807, 2.05) is 42.2 Å². The second-order valence-corrected chi connectivity index (χ2v) is 6.17. The molecule has 0 saturated carbocycles. The molecular formula is C17H22N6O2. The van der Waals surface area contributed by atoms with Crippen molar-refractivity contribution in [1.29, 1.82) is 0 Å². The van der Waals surface area contributed by atoms with Crippen LogP contribution in [-0.4, -0.2) is 61.0 Å². The molecule has 0 spiro atoms. The zero-order chi connectivity index (χ0) is 17.6. The minimum absolute atomic E-state index is 0.00743. The number of carbonyl (C=O) groups excluding carboxylic acids is 2. The van der Waals surface area contributed by atoms with Gasteiger partial charge in [-0.25, -0.2) is 4.68 Å². The average molecular weight is 342 g/mol. The number of aromatic nitrogens is 4. The average Bonchev–Trinajstić information content (AvgIpc) is 3.08. The zero-order valence-corrected chi connectivity index (χ0v) is 14.3. The van der Waals surface area contributed by atoms with Crippen LogP contribution in [-0.2, 0) is 22.7 Å². The molecule has 8 heteroatoms. The third-order valence-corrected chi connectivity index (χ3v) is 4.50. The van der Waals surface area contributed by atoms with Gasteiger partial charge in [-0.1, -0.05) is 37.3 Å². The standard InChI is InChI=1S/C17H22N6O2/c1-2-15-11-21(17(25)12-22-13-18-19-20-22)9-8-16(24)23(15)10-14-6-4-3-5-7-14/h3-7,13,15H,2,8-12H2,1H3/t15-/m0/s1. The number of nitrogens with zero attached hydrogens (tertiary/aromatic N) is 6. The third kappa shape index (κ3) is 4.20. The van der Waals surface area contributed by atoms with Crippen LogP contribution >= 0.6 is 0 Å². The van der Waals surface area contributed by atoms with Crippen LogP contribution in [0.25, 0.3) is 0 Å². The predicted molar refractivity (Wildman–Crippen MR) is 90.1 cm³/mol. The Kier molecular flexibility index (Phi) is 5.37. The van der Waals surface area contributed by atoms with Crippen LogP contribution in [0.1, 0.15) is 25.3 Å². The van der Waals surface area contributed by atoms with Crippen molar-refractivity contribution in [2.45, 2.75) is 38.9 Å². The fourth-order valence-electron chi connectivity index (χ4n) is 3.09. The molecule has 2 amide bonds. The molecule has 25 heavy (non-hydrogen) atoms. The highest BCUT2D eigenvalue weighted by Crippen LogP contribution is 2.18. The van der Waals surface area contributed by atoms with E-state index in [0.29, 0.717) is 26.1 Å². The van der Waals surface area contributed by atoms with E-state index in [1.54, 1.807) is 4.90 Å². The number of amides is 2. The lowest BCUT2D eigenvalue weighted by atomic mass is 10.1. The fourth-order valence-corrected chi connectivity index (χ4v) is 3.09. The van der Waals surface area contributed by atoms with Gasteiger partial charge in [-0.3, -0.25) is 9.59 Å². The summed E-state index contributed by atoms with van der Waals surface area (Å²) >= 11 is 0. The van der Waals surface area contributed by atoms with Gasteiger partial charge in [0.25, 0.3) is 0 Å². The van der Waals surface area contributed by atoms with E-state index in [0.717, 1.165) is 12.0 Å². The van der Waals surface area contributed by atoms with Gasteiger partial charge < -0.3 is 9.80 Å².